The largest absolute Gasteiger partial charge is 0.495 e. The summed E-state index contributed by atoms with van der Waals surface area (Å²) < 4.78 is 2.13. The van der Waals surface area contributed by atoms with E-state index in [0.717, 1.165) is 9.08 Å². The number of aliphatic imine (C=N–C) groups is 1. The number of diazo groups is 1. The highest BCUT2D eigenvalue weighted by atomic mass is 127. The van der Waals surface area contributed by atoms with Crippen molar-refractivity contribution in [3.8, 4) is 0 Å². The van der Waals surface area contributed by atoms with Crippen LogP contribution in [0.2, 0.25) is 0 Å². The maximum absolute atomic E-state index is 11.4. The van der Waals surface area contributed by atoms with Gasteiger partial charge in [0.15, 0.2) is 17.2 Å². The third kappa shape index (κ3) is 9.82. The van der Waals surface area contributed by atoms with E-state index in [1.807, 2.05) is 0 Å². The second-order valence-corrected chi connectivity index (χ2v) is 6.05. The molecule has 23 heteroatoms. The summed E-state index contributed by atoms with van der Waals surface area (Å²) in [5.74, 6) is -1.99. The fourth-order valence-corrected chi connectivity index (χ4v) is 2.10. The van der Waals surface area contributed by atoms with Crippen LogP contribution in [0.1, 0.15) is 31.5 Å². The average Bonchev–Trinajstić information content (AvgIpc) is 3.61. The van der Waals surface area contributed by atoms with Crippen molar-refractivity contribution in [2.24, 2.45) is 29.2 Å². The molecule has 0 aliphatic rings. The summed E-state index contributed by atoms with van der Waals surface area (Å²) in [6.07, 6.45) is 5.02. The Kier molecular flexibility index (Phi) is 15.6. The normalized spacial score (nSPS) is 8.64. The number of nitrogen functional groups attached to an aromatic ring is 1. The molecule has 0 saturated carbocycles. The molecular formula is C16H20BIN16O5+. The Bertz CT molecular complexity index is 1560. The number of amides is 3. The summed E-state index contributed by atoms with van der Waals surface area (Å²) >= 11 is 0. The summed E-state index contributed by atoms with van der Waals surface area (Å²) in [6, 6.07) is 0. The molecule has 0 aliphatic heterocycles. The van der Waals surface area contributed by atoms with Crippen LogP contribution in [0, 0.1) is 5.39 Å². The summed E-state index contributed by atoms with van der Waals surface area (Å²) in [5.41, 5.74) is 19.7. The van der Waals surface area contributed by atoms with Crippen LogP contribution in [0.25, 0.3) is 10.6 Å². The van der Waals surface area contributed by atoms with Crippen LogP contribution in [-0.2, 0) is 11.8 Å². The Morgan fingerprint density at radius 3 is 1.97 bits per heavy atom. The molecule has 4 heterocycles. The van der Waals surface area contributed by atoms with Gasteiger partial charge in [0.2, 0.25) is 18.1 Å². The SMILES string of the molecule is CN=C=O.Cn1nnc2c(C(N)=O)ncn2c1=O.I.N#[N+]c1nc[nH]c1C(N)=O.NC(=O)c1[nH]cnc1N.[B]. The zero-order valence-electron chi connectivity index (χ0n) is 20.0. The Labute approximate surface area is 235 Å². The van der Waals surface area contributed by atoms with Gasteiger partial charge in [0.1, 0.15) is 12.0 Å². The van der Waals surface area contributed by atoms with Gasteiger partial charge in [-0.25, -0.2) is 29.0 Å². The lowest BCUT2D eigenvalue weighted by Gasteiger charge is -1.95. The molecule has 4 aromatic heterocycles. The van der Waals surface area contributed by atoms with Crippen LogP contribution in [0.3, 0.4) is 0 Å². The molecule has 10 N–H and O–H groups in total. The number of isocyanates is 1. The molecule has 39 heavy (non-hydrogen) atoms. The molecular weight excluding hydrogens is 634 g/mol. The van der Waals surface area contributed by atoms with E-state index in [4.69, 9.17) is 33.1 Å². The molecule has 21 nitrogen and oxygen atoms in total. The van der Waals surface area contributed by atoms with Gasteiger partial charge in [-0.15, -0.1) is 29.1 Å². The van der Waals surface area contributed by atoms with Crippen LogP contribution in [0.15, 0.2) is 28.8 Å². The molecule has 0 saturated heterocycles. The lowest BCUT2D eigenvalue weighted by molar-refractivity contribution is 0.0988. The van der Waals surface area contributed by atoms with Gasteiger partial charge < -0.3 is 32.9 Å². The van der Waals surface area contributed by atoms with Gasteiger partial charge in [-0.2, -0.15) is 4.68 Å². The number of H-pyrrole nitrogens is 2. The standard InChI is InChI=1S/C6H6N6O2.C4H3N5O.C4H6N4O.C2H3NO.B.HI/c1-11-6(14)12-2-8-3(4(7)13)5(12)9-10-11;5-3(10)2-4(9-6)8-1-7-2;5-3-2(4(6)9)7-1-8-3;1-3-2-4;;/h2H,1H3,(H2,7,13);1H,(H2-,5,7,8,10);1H,5H2,(H2,6,9)(H,7,8);1H3;;1H/p+1. The fraction of sp³-hybridized carbons (Fsp3) is 0.125. The Balaban J connectivity index is 0. The topological polar surface area (TPSA) is 335 Å². The van der Waals surface area contributed by atoms with Crippen molar-refractivity contribution in [2.75, 3.05) is 12.8 Å². The number of hydrogen-bond acceptors (Lipinski definition) is 13. The zero-order valence-corrected chi connectivity index (χ0v) is 22.4. The third-order valence-electron chi connectivity index (χ3n) is 3.70. The van der Waals surface area contributed by atoms with E-state index in [1.165, 1.54) is 39.2 Å². The highest BCUT2D eigenvalue weighted by molar-refractivity contribution is 14.0. The summed E-state index contributed by atoms with van der Waals surface area (Å²) in [7, 11) is 2.83. The number of aromatic amines is 2. The van der Waals surface area contributed by atoms with Crippen molar-refractivity contribution in [3.05, 3.63) is 51.5 Å². The Hall–Kier alpha value is -5.50. The molecule has 0 spiro atoms. The second kappa shape index (κ2) is 17.0. The predicted octanol–water partition coefficient (Wildman–Crippen LogP) is -2.80. The van der Waals surface area contributed by atoms with Gasteiger partial charge in [0.05, 0.1) is 11.7 Å². The predicted molar refractivity (Wildman–Crippen MR) is 143 cm³/mol. The summed E-state index contributed by atoms with van der Waals surface area (Å²) in [6.45, 7) is 0. The molecule has 0 aliphatic carbocycles. The molecule has 0 fully saturated rings. The van der Waals surface area contributed by atoms with Crippen LogP contribution in [0.4, 0.5) is 11.6 Å². The van der Waals surface area contributed by atoms with Crippen molar-refractivity contribution < 1.29 is 19.2 Å². The summed E-state index contributed by atoms with van der Waals surface area (Å²) in [5, 5.41) is 15.3. The monoisotopic (exact) mass is 654 g/mol. The van der Waals surface area contributed by atoms with E-state index in [0.29, 0.717) is 0 Å². The van der Waals surface area contributed by atoms with Gasteiger partial charge in [0.25, 0.3) is 17.7 Å². The van der Waals surface area contributed by atoms with E-state index in [1.54, 1.807) is 0 Å². The molecule has 0 aromatic carbocycles. The van der Waals surface area contributed by atoms with Crippen molar-refractivity contribution in [3.63, 3.8) is 0 Å². The molecule has 0 atom stereocenters. The summed E-state index contributed by atoms with van der Waals surface area (Å²) in [4.78, 5) is 73.2. The number of rotatable bonds is 3. The van der Waals surface area contributed by atoms with Gasteiger partial charge in [-0.05, 0) is 4.98 Å². The minimum atomic E-state index is -0.741. The molecule has 0 unspecified atom stereocenters. The van der Waals surface area contributed by atoms with Crippen molar-refractivity contribution in [1.82, 2.24) is 44.3 Å². The van der Waals surface area contributed by atoms with Crippen LogP contribution >= 0.6 is 24.0 Å². The first-order chi connectivity index (χ1) is 17.5. The number of anilines is 1. The van der Waals surface area contributed by atoms with E-state index >= 15 is 0 Å². The van der Waals surface area contributed by atoms with E-state index in [2.05, 4.69) is 45.2 Å². The number of fused-ring (bicyclic) bond motifs is 1. The minimum Gasteiger partial charge on any atom is -0.382 e. The number of aryl methyl sites for hydroxylation is 1. The lowest BCUT2D eigenvalue weighted by atomic mass is 10.4. The van der Waals surface area contributed by atoms with Crippen molar-refractivity contribution in [1.29, 1.82) is 5.39 Å². The van der Waals surface area contributed by atoms with Crippen LogP contribution in [0.5, 0.6) is 0 Å². The molecule has 3 amide bonds. The maximum Gasteiger partial charge on any atom is 0.495 e. The lowest BCUT2D eigenvalue weighted by Crippen LogP contribution is -2.27. The number of carbonyl (C=O) groups is 3. The Morgan fingerprint density at radius 1 is 1.05 bits per heavy atom. The number of nitrogens with two attached hydrogens (primary N) is 4. The number of imidazole rings is 3. The van der Waals surface area contributed by atoms with Gasteiger partial charge >= 0.3 is 11.5 Å². The molecule has 203 valence electrons. The minimum absolute atomic E-state index is 0. The first-order valence-corrected chi connectivity index (χ1v) is 9.29. The number of primary amides is 3. The highest BCUT2D eigenvalue weighted by Crippen LogP contribution is 2.10. The first-order valence-electron chi connectivity index (χ1n) is 9.29. The van der Waals surface area contributed by atoms with E-state index < -0.39 is 23.4 Å². The van der Waals surface area contributed by atoms with Gasteiger partial charge in [-0.3, -0.25) is 14.4 Å². The number of carbonyl (C=O) groups excluding carboxylic acids is 4. The molecule has 4 rings (SSSR count). The van der Waals surface area contributed by atoms with Crippen molar-refractivity contribution in [2.45, 2.75) is 0 Å². The van der Waals surface area contributed by atoms with Crippen LogP contribution < -0.4 is 28.6 Å². The second-order valence-electron chi connectivity index (χ2n) is 6.05. The smallest absolute Gasteiger partial charge is 0.382 e. The highest BCUT2D eigenvalue weighted by Gasteiger charge is 2.20. The number of nitrogens with zero attached hydrogens (tertiary/aromatic N) is 10. The van der Waals surface area contributed by atoms with Crippen molar-refractivity contribution >= 4 is 73.5 Å². The first kappa shape index (κ1) is 35.7. The third-order valence-corrected chi connectivity index (χ3v) is 3.70. The van der Waals surface area contributed by atoms with Crippen LogP contribution in [-0.4, -0.2) is 83.6 Å². The fourth-order valence-electron chi connectivity index (χ4n) is 2.10. The van der Waals surface area contributed by atoms with Gasteiger partial charge in [-0.1, -0.05) is 5.21 Å². The number of nitrogens with one attached hydrogen (secondary N) is 2. The Morgan fingerprint density at radius 2 is 1.59 bits per heavy atom. The number of halogens is 1. The van der Waals surface area contributed by atoms with Gasteiger partial charge in [0, 0.05) is 27.5 Å². The average molecular weight is 654 g/mol. The van der Waals surface area contributed by atoms with E-state index in [-0.39, 0.29) is 66.8 Å². The number of hydrogen-bond donors (Lipinski definition) is 6. The molecule has 3 radical (unpaired) electrons. The molecule has 4 aromatic rings. The zero-order chi connectivity index (χ0) is 28.1. The maximum atomic E-state index is 11.4. The quantitative estimate of drug-likeness (QED) is 0.0429. The number of aromatic nitrogens is 9. The van der Waals surface area contributed by atoms with E-state index in [9.17, 15) is 19.2 Å². The molecule has 0 bridgehead atoms.